The molecular formula is C12H14FNO2. The Kier molecular flexibility index (Phi) is 4.90. The van der Waals surface area contributed by atoms with Gasteiger partial charge >= 0.3 is 0 Å². The van der Waals surface area contributed by atoms with E-state index in [2.05, 4.69) is 0 Å². The maximum atomic E-state index is 13.0. The van der Waals surface area contributed by atoms with Crippen molar-refractivity contribution in [2.24, 2.45) is 0 Å². The molecule has 16 heavy (non-hydrogen) atoms. The highest BCUT2D eigenvalue weighted by molar-refractivity contribution is 5.31. The molecule has 0 spiro atoms. The predicted molar refractivity (Wildman–Crippen MR) is 57.1 cm³/mol. The van der Waals surface area contributed by atoms with Gasteiger partial charge in [-0.3, -0.25) is 0 Å². The third kappa shape index (κ3) is 3.30. The Balaban J connectivity index is 2.79. The zero-order chi connectivity index (χ0) is 12.0. The molecule has 0 aromatic heterocycles. The van der Waals surface area contributed by atoms with Crippen molar-refractivity contribution in [1.82, 2.24) is 0 Å². The maximum Gasteiger partial charge on any atom is 0.169 e. The van der Waals surface area contributed by atoms with Gasteiger partial charge in [0.1, 0.15) is 5.82 Å². The van der Waals surface area contributed by atoms with Crippen molar-refractivity contribution in [3.8, 4) is 6.07 Å². The quantitative estimate of drug-likeness (QED) is 0.778. The lowest BCUT2D eigenvalue weighted by Crippen LogP contribution is -2.06. The van der Waals surface area contributed by atoms with Crippen LogP contribution in [0.5, 0.6) is 0 Å². The number of aryl methyl sites for hydroxylation is 1. The topological polar surface area (TPSA) is 53.2 Å². The fourth-order valence-corrected chi connectivity index (χ4v) is 1.36. The largest absolute Gasteiger partial charge is 0.396 e. The lowest BCUT2D eigenvalue weighted by atomic mass is 10.0. The minimum Gasteiger partial charge on any atom is -0.396 e. The van der Waals surface area contributed by atoms with Crippen LogP contribution in [0.1, 0.15) is 23.7 Å². The van der Waals surface area contributed by atoms with E-state index < -0.39 is 6.10 Å². The van der Waals surface area contributed by atoms with Crippen LogP contribution in [0, 0.1) is 24.1 Å². The number of rotatable bonds is 5. The van der Waals surface area contributed by atoms with E-state index in [-0.39, 0.29) is 19.0 Å². The van der Waals surface area contributed by atoms with Gasteiger partial charge in [0, 0.05) is 12.2 Å². The molecule has 0 aliphatic heterocycles. The number of hydrogen-bond acceptors (Lipinski definition) is 3. The molecule has 0 aliphatic carbocycles. The van der Waals surface area contributed by atoms with E-state index in [0.717, 1.165) is 5.56 Å². The molecule has 1 N–H and O–H groups in total. The molecule has 0 amide bonds. The van der Waals surface area contributed by atoms with E-state index in [1.807, 2.05) is 6.07 Å². The van der Waals surface area contributed by atoms with Crippen LogP contribution in [0.4, 0.5) is 4.39 Å². The predicted octanol–water partition coefficient (Wildman–Crippen LogP) is 2.10. The van der Waals surface area contributed by atoms with Crippen molar-refractivity contribution < 1.29 is 14.2 Å². The standard InChI is InChI=1S/C12H14FNO2/c1-9-3-4-10(13)7-11(9)12(8-14)16-6-2-5-15/h3-4,7,12,15H,2,5-6H2,1H3. The van der Waals surface area contributed by atoms with Crippen LogP contribution in [-0.2, 0) is 4.74 Å². The summed E-state index contributed by atoms with van der Waals surface area (Å²) in [6, 6.07) is 6.25. The summed E-state index contributed by atoms with van der Waals surface area (Å²) in [5.74, 6) is -0.383. The Labute approximate surface area is 94.1 Å². The molecule has 1 rings (SSSR count). The first kappa shape index (κ1) is 12.6. The summed E-state index contributed by atoms with van der Waals surface area (Å²) in [4.78, 5) is 0. The average molecular weight is 223 g/mol. The van der Waals surface area contributed by atoms with Crippen LogP contribution < -0.4 is 0 Å². The molecule has 4 heteroatoms. The zero-order valence-electron chi connectivity index (χ0n) is 9.11. The Morgan fingerprint density at radius 1 is 1.56 bits per heavy atom. The van der Waals surface area contributed by atoms with Gasteiger partial charge in [-0.05, 0) is 31.0 Å². The third-order valence-corrected chi connectivity index (χ3v) is 2.23. The first-order chi connectivity index (χ1) is 7.69. The summed E-state index contributed by atoms with van der Waals surface area (Å²) in [5.41, 5.74) is 1.36. The van der Waals surface area contributed by atoms with E-state index in [0.29, 0.717) is 12.0 Å². The molecule has 1 atom stereocenters. The van der Waals surface area contributed by atoms with Gasteiger partial charge in [-0.15, -0.1) is 0 Å². The van der Waals surface area contributed by atoms with Gasteiger partial charge in [-0.25, -0.2) is 4.39 Å². The summed E-state index contributed by atoms with van der Waals surface area (Å²) in [7, 11) is 0. The first-order valence-corrected chi connectivity index (χ1v) is 5.07. The van der Waals surface area contributed by atoms with Crippen molar-refractivity contribution in [2.75, 3.05) is 13.2 Å². The van der Waals surface area contributed by atoms with Crippen LogP contribution in [-0.4, -0.2) is 18.3 Å². The van der Waals surface area contributed by atoms with Gasteiger partial charge in [0.2, 0.25) is 0 Å². The number of benzene rings is 1. The van der Waals surface area contributed by atoms with Crippen LogP contribution in [0.3, 0.4) is 0 Å². The van der Waals surface area contributed by atoms with Crippen molar-refractivity contribution in [3.05, 3.63) is 35.1 Å². The van der Waals surface area contributed by atoms with E-state index in [9.17, 15) is 4.39 Å². The molecule has 0 aliphatic rings. The monoisotopic (exact) mass is 223 g/mol. The van der Waals surface area contributed by atoms with Crippen molar-refractivity contribution in [2.45, 2.75) is 19.4 Å². The average Bonchev–Trinajstić information content (AvgIpc) is 2.28. The number of halogens is 1. The van der Waals surface area contributed by atoms with E-state index >= 15 is 0 Å². The summed E-state index contributed by atoms with van der Waals surface area (Å²) < 4.78 is 18.3. The second-order valence-electron chi connectivity index (χ2n) is 3.46. The Morgan fingerprint density at radius 2 is 2.31 bits per heavy atom. The molecule has 0 saturated carbocycles. The summed E-state index contributed by atoms with van der Waals surface area (Å²) in [5, 5.41) is 17.5. The van der Waals surface area contributed by atoms with E-state index in [1.54, 1.807) is 13.0 Å². The van der Waals surface area contributed by atoms with Crippen LogP contribution in [0.15, 0.2) is 18.2 Å². The highest BCUT2D eigenvalue weighted by Crippen LogP contribution is 2.21. The number of nitrogens with zero attached hydrogens (tertiary/aromatic N) is 1. The van der Waals surface area contributed by atoms with Crippen LogP contribution >= 0.6 is 0 Å². The number of ether oxygens (including phenoxy) is 1. The number of aliphatic hydroxyl groups excluding tert-OH is 1. The second kappa shape index (κ2) is 6.21. The van der Waals surface area contributed by atoms with Crippen LogP contribution in [0.25, 0.3) is 0 Å². The van der Waals surface area contributed by atoms with Crippen molar-refractivity contribution in [3.63, 3.8) is 0 Å². The summed E-state index contributed by atoms with van der Waals surface area (Å²) in [6.45, 7) is 2.10. The van der Waals surface area contributed by atoms with E-state index in [4.69, 9.17) is 15.1 Å². The fraction of sp³-hybridized carbons (Fsp3) is 0.417. The van der Waals surface area contributed by atoms with Gasteiger partial charge in [0.05, 0.1) is 12.7 Å². The lowest BCUT2D eigenvalue weighted by molar-refractivity contribution is 0.0768. The highest BCUT2D eigenvalue weighted by atomic mass is 19.1. The zero-order valence-corrected chi connectivity index (χ0v) is 9.11. The molecule has 3 nitrogen and oxygen atoms in total. The summed E-state index contributed by atoms with van der Waals surface area (Å²) in [6.07, 6.45) is -0.311. The molecular weight excluding hydrogens is 209 g/mol. The smallest absolute Gasteiger partial charge is 0.169 e. The highest BCUT2D eigenvalue weighted by Gasteiger charge is 2.14. The molecule has 0 heterocycles. The molecule has 0 bridgehead atoms. The maximum absolute atomic E-state index is 13.0. The molecule has 0 radical (unpaired) electrons. The van der Waals surface area contributed by atoms with Crippen molar-refractivity contribution in [1.29, 1.82) is 5.26 Å². The SMILES string of the molecule is Cc1ccc(F)cc1C(C#N)OCCCO. The molecule has 0 fully saturated rings. The number of hydrogen-bond donors (Lipinski definition) is 1. The summed E-state index contributed by atoms with van der Waals surface area (Å²) >= 11 is 0. The molecule has 1 aromatic carbocycles. The van der Waals surface area contributed by atoms with Gasteiger partial charge in [0.25, 0.3) is 0 Å². The Morgan fingerprint density at radius 3 is 2.94 bits per heavy atom. The molecule has 1 unspecified atom stereocenters. The molecule has 1 aromatic rings. The minimum absolute atomic E-state index is 0.0142. The fourth-order valence-electron chi connectivity index (χ4n) is 1.36. The second-order valence-corrected chi connectivity index (χ2v) is 3.46. The van der Waals surface area contributed by atoms with Gasteiger partial charge in [0.15, 0.2) is 6.10 Å². The van der Waals surface area contributed by atoms with Gasteiger partial charge in [-0.1, -0.05) is 6.07 Å². The van der Waals surface area contributed by atoms with Gasteiger partial charge in [-0.2, -0.15) is 5.26 Å². The van der Waals surface area contributed by atoms with E-state index in [1.165, 1.54) is 12.1 Å². The number of aliphatic hydroxyl groups is 1. The van der Waals surface area contributed by atoms with Crippen molar-refractivity contribution >= 4 is 0 Å². The lowest BCUT2D eigenvalue weighted by Gasteiger charge is -2.13. The van der Waals surface area contributed by atoms with Gasteiger partial charge < -0.3 is 9.84 Å². The van der Waals surface area contributed by atoms with Crippen LogP contribution in [0.2, 0.25) is 0 Å². The Hall–Kier alpha value is -1.44. The normalized spacial score (nSPS) is 12.1. The molecule has 0 saturated heterocycles. The number of nitriles is 1. The Bertz CT molecular complexity index is 387. The molecule has 86 valence electrons. The minimum atomic E-state index is -0.776. The third-order valence-electron chi connectivity index (χ3n) is 2.23. The first-order valence-electron chi connectivity index (χ1n) is 5.07.